The van der Waals surface area contributed by atoms with Gasteiger partial charge in [0.1, 0.15) is 0 Å². The minimum atomic E-state index is -3.53. The Labute approximate surface area is 196 Å². The molecular weight excluding hydrogens is 438 g/mol. The summed E-state index contributed by atoms with van der Waals surface area (Å²) in [6.07, 6.45) is 8.23. The fourth-order valence-corrected chi connectivity index (χ4v) is 7.08. The van der Waals surface area contributed by atoms with Gasteiger partial charge in [-0.2, -0.15) is 4.31 Å². The van der Waals surface area contributed by atoms with Gasteiger partial charge in [0.2, 0.25) is 21.8 Å². The lowest BCUT2D eigenvalue weighted by Gasteiger charge is -2.37. The van der Waals surface area contributed by atoms with Crippen molar-refractivity contribution < 1.29 is 18.0 Å². The lowest BCUT2D eigenvalue weighted by molar-refractivity contribution is -0.140. The zero-order valence-corrected chi connectivity index (χ0v) is 20.1. The lowest BCUT2D eigenvalue weighted by atomic mass is 9.92. The number of benzene rings is 1. The van der Waals surface area contributed by atoms with Crippen LogP contribution >= 0.6 is 0 Å². The maximum atomic E-state index is 13.2. The summed E-state index contributed by atoms with van der Waals surface area (Å²) in [6, 6.07) is 5.54. The average Bonchev–Trinajstić information content (AvgIpc) is 3.56. The van der Waals surface area contributed by atoms with Gasteiger partial charge in [-0.05, 0) is 87.0 Å². The number of aryl methyl sites for hydroxylation is 2. The van der Waals surface area contributed by atoms with Crippen LogP contribution in [0.3, 0.4) is 0 Å². The molecule has 8 heteroatoms. The molecule has 2 aliphatic heterocycles. The number of piperidine rings is 2. The molecule has 4 aliphatic rings. The molecule has 2 aliphatic carbocycles. The summed E-state index contributed by atoms with van der Waals surface area (Å²) in [4.78, 5) is 27.9. The molecule has 180 valence electrons. The van der Waals surface area contributed by atoms with Crippen molar-refractivity contribution in [3.63, 3.8) is 0 Å². The molecule has 2 saturated heterocycles. The Hall–Kier alpha value is -1.93. The van der Waals surface area contributed by atoms with Crippen LogP contribution in [0.15, 0.2) is 23.1 Å². The second-order valence-electron chi connectivity index (χ2n) is 10.3. The Morgan fingerprint density at radius 3 is 2.42 bits per heavy atom. The average molecular weight is 474 g/mol. The molecule has 3 fully saturated rings. The largest absolute Gasteiger partial charge is 0.356 e. The van der Waals surface area contributed by atoms with Gasteiger partial charge in [0, 0.05) is 38.6 Å². The van der Waals surface area contributed by atoms with Crippen LogP contribution < -0.4 is 5.32 Å². The third-order valence-corrected chi connectivity index (χ3v) is 9.77. The molecule has 0 spiro atoms. The van der Waals surface area contributed by atoms with Crippen LogP contribution in [0.2, 0.25) is 0 Å². The van der Waals surface area contributed by atoms with Crippen molar-refractivity contribution in [3.05, 3.63) is 29.3 Å². The van der Waals surface area contributed by atoms with Crippen LogP contribution in [-0.2, 0) is 32.5 Å². The summed E-state index contributed by atoms with van der Waals surface area (Å²) in [7, 11) is -3.53. The second kappa shape index (κ2) is 9.37. The van der Waals surface area contributed by atoms with Crippen LogP contribution in [-0.4, -0.2) is 62.2 Å². The standard InChI is InChI=1S/C25H35N3O4S/c29-24(26-16-18-6-7-18)22-5-2-12-27(17-22)25(30)20-10-13-28(14-11-20)33(31,32)23-9-8-19-3-1-4-21(19)15-23/h8-9,15,18,20,22H,1-7,10-14,16-17H2,(H,26,29)/t22-/m1/s1. The van der Waals surface area contributed by atoms with Gasteiger partial charge in [-0.1, -0.05) is 6.07 Å². The van der Waals surface area contributed by atoms with E-state index in [4.69, 9.17) is 0 Å². The van der Waals surface area contributed by atoms with Gasteiger partial charge in [0.05, 0.1) is 10.8 Å². The molecule has 0 radical (unpaired) electrons. The molecule has 1 aromatic carbocycles. The van der Waals surface area contributed by atoms with Gasteiger partial charge < -0.3 is 10.2 Å². The molecule has 1 atom stereocenters. The van der Waals surface area contributed by atoms with Gasteiger partial charge in [0.25, 0.3) is 0 Å². The molecule has 2 amide bonds. The topological polar surface area (TPSA) is 86.8 Å². The molecule has 33 heavy (non-hydrogen) atoms. The molecule has 5 rings (SSSR count). The number of hydrogen-bond acceptors (Lipinski definition) is 4. The summed E-state index contributed by atoms with van der Waals surface area (Å²) >= 11 is 0. The Kier molecular flexibility index (Phi) is 6.49. The van der Waals surface area contributed by atoms with Crippen molar-refractivity contribution in [1.82, 2.24) is 14.5 Å². The van der Waals surface area contributed by atoms with Gasteiger partial charge in [-0.25, -0.2) is 8.42 Å². The van der Waals surface area contributed by atoms with E-state index in [9.17, 15) is 18.0 Å². The van der Waals surface area contributed by atoms with E-state index < -0.39 is 10.0 Å². The third-order valence-electron chi connectivity index (χ3n) is 7.88. The number of nitrogens with one attached hydrogen (secondary N) is 1. The van der Waals surface area contributed by atoms with E-state index in [2.05, 4.69) is 5.32 Å². The smallest absolute Gasteiger partial charge is 0.243 e. The molecule has 1 aromatic rings. The highest BCUT2D eigenvalue weighted by Crippen LogP contribution is 2.30. The summed E-state index contributed by atoms with van der Waals surface area (Å²) in [5, 5.41) is 3.06. The number of carbonyl (C=O) groups is 2. The SMILES string of the molecule is O=C(NCC1CC1)[C@@H]1CCCN(C(=O)C2CCN(S(=O)(=O)c3ccc4c(c3)CCC4)CC2)C1. The van der Waals surface area contributed by atoms with Crippen molar-refractivity contribution in [2.75, 3.05) is 32.7 Å². The first-order chi connectivity index (χ1) is 15.9. The van der Waals surface area contributed by atoms with Crippen LogP contribution in [0, 0.1) is 17.8 Å². The molecule has 7 nitrogen and oxygen atoms in total. The van der Waals surface area contributed by atoms with E-state index in [1.807, 2.05) is 17.0 Å². The molecule has 2 heterocycles. The number of hydrogen-bond donors (Lipinski definition) is 1. The number of nitrogens with zero attached hydrogens (tertiary/aromatic N) is 2. The monoisotopic (exact) mass is 473 g/mol. The predicted octanol–water partition coefficient (Wildman–Crippen LogP) is 2.34. The summed E-state index contributed by atoms with van der Waals surface area (Å²) in [5.74, 6) is 0.527. The van der Waals surface area contributed by atoms with E-state index >= 15 is 0 Å². The minimum Gasteiger partial charge on any atom is -0.356 e. The molecule has 0 aromatic heterocycles. The van der Waals surface area contributed by atoms with Gasteiger partial charge in [0.15, 0.2) is 0 Å². The number of fused-ring (bicyclic) bond motifs is 1. The van der Waals surface area contributed by atoms with E-state index in [0.717, 1.165) is 44.2 Å². The number of carbonyl (C=O) groups excluding carboxylic acids is 2. The Morgan fingerprint density at radius 2 is 1.67 bits per heavy atom. The zero-order chi connectivity index (χ0) is 23.0. The van der Waals surface area contributed by atoms with E-state index in [0.29, 0.717) is 49.8 Å². The molecule has 1 N–H and O–H groups in total. The highest BCUT2D eigenvalue weighted by Gasteiger charge is 2.36. The van der Waals surface area contributed by atoms with Gasteiger partial charge in [-0.15, -0.1) is 0 Å². The quantitative estimate of drug-likeness (QED) is 0.687. The van der Waals surface area contributed by atoms with Crippen molar-refractivity contribution >= 4 is 21.8 Å². The summed E-state index contributed by atoms with van der Waals surface area (Å²) < 4.78 is 27.9. The van der Waals surface area contributed by atoms with E-state index in [-0.39, 0.29) is 23.7 Å². The van der Waals surface area contributed by atoms with Gasteiger partial charge >= 0.3 is 0 Å². The predicted molar refractivity (Wildman–Crippen MR) is 125 cm³/mol. The molecule has 0 unspecified atom stereocenters. The summed E-state index contributed by atoms with van der Waals surface area (Å²) in [5.41, 5.74) is 2.42. The van der Waals surface area contributed by atoms with Crippen molar-refractivity contribution in [1.29, 1.82) is 0 Å². The van der Waals surface area contributed by atoms with Crippen LogP contribution in [0.1, 0.15) is 56.1 Å². The molecular formula is C25H35N3O4S. The highest BCUT2D eigenvalue weighted by molar-refractivity contribution is 7.89. The van der Waals surface area contributed by atoms with E-state index in [1.54, 1.807) is 6.07 Å². The maximum absolute atomic E-state index is 13.2. The number of rotatable bonds is 6. The van der Waals surface area contributed by atoms with Crippen LogP contribution in [0.25, 0.3) is 0 Å². The second-order valence-corrected chi connectivity index (χ2v) is 12.2. The minimum absolute atomic E-state index is 0.0784. The first kappa shape index (κ1) is 22.8. The van der Waals surface area contributed by atoms with Crippen LogP contribution in [0.4, 0.5) is 0 Å². The van der Waals surface area contributed by atoms with Crippen molar-refractivity contribution in [3.8, 4) is 0 Å². The fraction of sp³-hybridized carbons (Fsp3) is 0.680. The first-order valence-electron chi connectivity index (χ1n) is 12.6. The summed E-state index contributed by atoms with van der Waals surface area (Å²) in [6.45, 7) is 2.69. The zero-order valence-electron chi connectivity index (χ0n) is 19.3. The number of sulfonamides is 1. The number of amides is 2. The molecule has 0 bridgehead atoms. The first-order valence-corrected chi connectivity index (χ1v) is 14.0. The normalized spacial score (nSPS) is 24.5. The van der Waals surface area contributed by atoms with Crippen molar-refractivity contribution in [2.24, 2.45) is 17.8 Å². The Morgan fingerprint density at radius 1 is 0.909 bits per heavy atom. The van der Waals surface area contributed by atoms with Crippen LogP contribution in [0.5, 0.6) is 0 Å². The van der Waals surface area contributed by atoms with Gasteiger partial charge in [-0.3, -0.25) is 9.59 Å². The lowest BCUT2D eigenvalue weighted by Crippen LogP contribution is -2.49. The fourth-order valence-electron chi connectivity index (χ4n) is 5.56. The van der Waals surface area contributed by atoms with E-state index in [1.165, 1.54) is 22.7 Å². The van der Waals surface area contributed by atoms with Crippen molar-refractivity contribution in [2.45, 2.75) is 62.7 Å². The highest BCUT2D eigenvalue weighted by atomic mass is 32.2. The Bertz CT molecular complexity index is 1010. The third kappa shape index (κ3) is 4.97. The Balaban J connectivity index is 1.15. The number of likely N-dealkylation sites (tertiary alicyclic amines) is 1. The maximum Gasteiger partial charge on any atom is 0.243 e. The molecule has 1 saturated carbocycles.